The Morgan fingerprint density at radius 3 is 3.05 bits per heavy atom. The Bertz CT molecular complexity index is 619. The molecule has 4 rings (SSSR count). The summed E-state index contributed by atoms with van der Waals surface area (Å²) >= 11 is 0. The van der Waals surface area contributed by atoms with Crippen LogP contribution in [0.4, 0.5) is 5.82 Å². The first-order valence-corrected chi connectivity index (χ1v) is 7.42. The molecule has 0 radical (unpaired) electrons. The van der Waals surface area contributed by atoms with Crippen LogP contribution in [-0.4, -0.2) is 32.8 Å². The van der Waals surface area contributed by atoms with Gasteiger partial charge in [0, 0.05) is 36.7 Å². The summed E-state index contributed by atoms with van der Waals surface area (Å²) in [5, 5.41) is 4.37. The maximum Gasteiger partial charge on any atom is 0.135 e. The second-order valence-electron chi connectivity index (χ2n) is 5.75. The van der Waals surface area contributed by atoms with Crippen LogP contribution in [-0.2, 0) is 12.8 Å². The average molecular weight is 269 g/mol. The number of hydrogen-bond donors (Lipinski definition) is 0. The number of nitrogens with zero attached hydrogens (tertiary/aromatic N) is 5. The van der Waals surface area contributed by atoms with Gasteiger partial charge in [-0.25, -0.2) is 9.97 Å². The molecule has 2 aliphatic rings. The van der Waals surface area contributed by atoms with E-state index < -0.39 is 0 Å². The number of rotatable bonds is 2. The SMILES string of the molecule is Cc1nc2c(c(N3CCC(n4cccn4)C3)n1)CCC2. The Kier molecular flexibility index (Phi) is 2.72. The quantitative estimate of drug-likeness (QED) is 0.835. The minimum Gasteiger partial charge on any atom is -0.354 e. The molecule has 1 saturated heterocycles. The van der Waals surface area contributed by atoms with Crippen molar-refractivity contribution in [3.05, 3.63) is 35.5 Å². The van der Waals surface area contributed by atoms with Crippen molar-refractivity contribution in [3.63, 3.8) is 0 Å². The third-order valence-electron chi connectivity index (χ3n) is 4.38. The van der Waals surface area contributed by atoms with Crippen LogP contribution >= 0.6 is 0 Å². The normalized spacial score (nSPS) is 21.4. The van der Waals surface area contributed by atoms with Gasteiger partial charge >= 0.3 is 0 Å². The standard InChI is InChI=1S/C15H19N5/c1-11-17-14-5-2-4-13(14)15(18-11)19-9-6-12(10-19)20-8-3-7-16-20/h3,7-8,12H,2,4-6,9-10H2,1H3. The monoisotopic (exact) mass is 269 g/mol. The van der Waals surface area contributed by atoms with Crippen LogP contribution in [0.25, 0.3) is 0 Å². The molecule has 1 aliphatic carbocycles. The van der Waals surface area contributed by atoms with E-state index in [1.165, 1.54) is 23.5 Å². The van der Waals surface area contributed by atoms with Crippen molar-refractivity contribution in [2.45, 2.75) is 38.6 Å². The highest BCUT2D eigenvalue weighted by atomic mass is 15.3. The Balaban J connectivity index is 1.63. The maximum absolute atomic E-state index is 4.73. The summed E-state index contributed by atoms with van der Waals surface area (Å²) < 4.78 is 2.08. The third kappa shape index (κ3) is 1.88. The van der Waals surface area contributed by atoms with Crippen molar-refractivity contribution in [1.82, 2.24) is 19.7 Å². The molecule has 0 amide bonds. The summed E-state index contributed by atoms with van der Waals surface area (Å²) in [6.07, 6.45) is 8.52. The Morgan fingerprint density at radius 2 is 2.20 bits per heavy atom. The van der Waals surface area contributed by atoms with E-state index in [1.807, 2.05) is 19.2 Å². The van der Waals surface area contributed by atoms with Crippen molar-refractivity contribution in [1.29, 1.82) is 0 Å². The van der Waals surface area contributed by atoms with Gasteiger partial charge in [-0.2, -0.15) is 5.10 Å². The highest BCUT2D eigenvalue weighted by Gasteiger charge is 2.29. The molecule has 0 saturated carbocycles. The summed E-state index contributed by atoms with van der Waals surface area (Å²) in [6, 6.07) is 2.46. The second kappa shape index (κ2) is 4.58. The van der Waals surface area contributed by atoms with Gasteiger partial charge in [0.2, 0.25) is 0 Å². The fraction of sp³-hybridized carbons (Fsp3) is 0.533. The smallest absolute Gasteiger partial charge is 0.135 e. The van der Waals surface area contributed by atoms with Crippen LogP contribution in [0, 0.1) is 6.92 Å². The fourth-order valence-corrected chi connectivity index (χ4v) is 3.44. The molecule has 2 aromatic rings. The first-order valence-electron chi connectivity index (χ1n) is 7.42. The number of aromatic nitrogens is 4. The van der Waals surface area contributed by atoms with E-state index in [2.05, 4.69) is 25.9 Å². The lowest BCUT2D eigenvalue weighted by Gasteiger charge is -2.21. The number of hydrogen-bond acceptors (Lipinski definition) is 4. The van der Waals surface area contributed by atoms with Crippen LogP contribution < -0.4 is 4.90 Å². The molecule has 20 heavy (non-hydrogen) atoms. The molecule has 1 aliphatic heterocycles. The zero-order valence-electron chi connectivity index (χ0n) is 11.8. The highest BCUT2D eigenvalue weighted by molar-refractivity contribution is 5.52. The van der Waals surface area contributed by atoms with E-state index in [-0.39, 0.29) is 0 Å². The molecule has 2 aromatic heterocycles. The van der Waals surface area contributed by atoms with Crippen molar-refractivity contribution in [2.24, 2.45) is 0 Å². The van der Waals surface area contributed by atoms with Crippen LogP contribution in [0.1, 0.15) is 36.0 Å². The Hall–Kier alpha value is -1.91. The van der Waals surface area contributed by atoms with Crippen LogP contribution in [0.3, 0.4) is 0 Å². The van der Waals surface area contributed by atoms with Gasteiger partial charge < -0.3 is 4.90 Å². The molecule has 0 N–H and O–H groups in total. The van der Waals surface area contributed by atoms with E-state index >= 15 is 0 Å². The van der Waals surface area contributed by atoms with Crippen LogP contribution in [0.5, 0.6) is 0 Å². The fourth-order valence-electron chi connectivity index (χ4n) is 3.44. The lowest BCUT2D eigenvalue weighted by atomic mass is 10.2. The second-order valence-corrected chi connectivity index (χ2v) is 5.75. The summed E-state index contributed by atoms with van der Waals surface area (Å²) in [7, 11) is 0. The first-order chi connectivity index (χ1) is 9.81. The van der Waals surface area contributed by atoms with Crippen molar-refractivity contribution in [3.8, 4) is 0 Å². The van der Waals surface area contributed by atoms with Crippen molar-refractivity contribution >= 4 is 5.82 Å². The van der Waals surface area contributed by atoms with Gasteiger partial charge in [0.05, 0.1) is 6.04 Å². The van der Waals surface area contributed by atoms with Gasteiger partial charge in [-0.15, -0.1) is 0 Å². The number of anilines is 1. The molecule has 5 nitrogen and oxygen atoms in total. The average Bonchev–Trinajstić information content (AvgIpc) is 3.18. The third-order valence-corrected chi connectivity index (χ3v) is 4.38. The molecule has 0 bridgehead atoms. The Labute approximate surface area is 118 Å². The first kappa shape index (κ1) is 11.9. The van der Waals surface area contributed by atoms with Gasteiger partial charge in [0.1, 0.15) is 11.6 Å². The Morgan fingerprint density at radius 1 is 1.25 bits per heavy atom. The van der Waals surface area contributed by atoms with Gasteiger partial charge in [-0.3, -0.25) is 4.68 Å². The largest absolute Gasteiger partial charge is 0.354 e. The molecule has 1 fully saturated rings. The molecule has 5 heteroatoms. The van der Waals surface area contributed by atoms with Gasteiger partial charge in [-0.05, 0) is 38.7 Å². The molecular weight excluding hydrogens is 250 g/mol. The number of aryl methyl sites for hydroxylation is 2. The van der Waals surface area contributed by atoms with E-state index in [4.69, 9.17) is 4.98 Å². The predicted molar refractivity (Wildman–Crippen MR) is 76.9 cm³/mol. The summed E-state index contributed by atoms with van der Waals surface area (Å²) in [5.41, 5.74) is 2.66. The van der Waals surface area contributed by atoms with Gasteiger partial charge in [0.15, 0.2) is 0 Å². The van der Waals surface area contributed by atoms with Gasteiger partial charge in [-0.1, -0.05) is 0 Å². The minimum absolute atomic E-state index is 0.470. The zero-order chi connectivity index (χ0) is 13.5. The summed E-state index contributed by atoms with van der Waals surface area (Å²) in [6.45, 7) is 4.07. The minimum atomic E-state index is 0.470. The lowest BCUT2D eigenvalue weighted by Crippen LogP contribution is -2.24. The van der Waals surface area contributed by atoms with Crippen molar-refractivity contribution in [2.75, 3.05) is 18.0 Å². The molecule has 1 unspecified atom stereocenters. The van der Waals surface area contributed by atoms with Crippen LogP contribution in [0.2, 0.25) is 0 Å². The topological polar surface area (TPSA) is 46.8 Å². The maximum atomic E-state index is 4.73. The summed E-state index contributed by atoms with van der Waals surface area (Å²) in [4.78, 5) is 11.7. The van der Waals surface area contributed by atoms with Crippen LogP contribution in [0.15, 0.2) is 18.5 Å². The van der Waals surface area contributed by atoms with Gasteiger partial charge in [0.25, 0.3) is 0 Å². The number of fused-ring (bicyclic) bond motifs is 1. The predicted octanol–water partition coefficient (Wildman–Crippen LogP) is 1.92. The zero-order valence-corrected chi connectivity index (χ0v) is 11.8. The highest BCUT2D eigenvalue weighted by Crippen LogP contribution is 2.32. The van der Waals surface area contributed by atoms with E-state index in [0.717, 1.165) is 38.2 Å². The van der Waals surface area contributed by atoms with E-state index in [0.29, 0.717) is 6.04 Å². The lowest BCUT2D eigenvalue weighted by molar-refractivity contribution is 0.494. The molecule has 0 spiro atoms. The molecule has 1 atom stereocenters. The summed E-state index contributed by atoms with van der Waals surface area (Å²) in [5.74, 6) is 2.09. The van der Waals surface area contributed by atoms with E-state index in [9.17, 15) is 0 Å². The van der Waals surface area contributed by atoms with E-state index in [1.54, 1.807) is 0 Å². The molecule has 104 valence electrons. The molecule has 3 heterocycles. The van der Waals surface area contributed by atoms with Crippen molar-refractivity contribution < 1.29 is 0 Å². The molecular formula is C15H19N5. The molecule has 0 aromatic carbocycles.